The van der Waals surface area contributed by atoms with Crippen LogP contribution in [0.3, 0.4) is 0 Å². The van der Waals surface area contributed by atoms with Crippen molar-refractivity contribution in [2.45, 2.75) is 45.8 Å². The van der Waals surface area contributed by atoms with Gasteiger partial charge in [-0.1, -0.05) is 15.9 Å². The van der Waals surface area contributed by atoms with Crippen molar-refractivity contribution in [1.29, 1.82) is 0 Å². The van der Waals surface area contributed by atoms with Crippen molar-refractivity contribution in [3.8, 4) is 0 Å². The van der Waals surface area contributed by atoms with Gasteiger partial charge in [0.1, 0.15) is 5.60 Å². The minimum atomic E-state index is -0.473. The molecule has 0 radical (unpaired) electrons. The quantitative estimate of drug-likeness (QED) is 0.701. The highest BCUT2D eigenvalue weighted by molar-refractivity contribution is 9.10. The fraction of sp³-hybridized carbons (Fsp3) is 0.600. The van der Waals surface area contributed by atoms with Crippen LogP contribution in [-0.2, 0) is 16.0 Å². The number of carbonyl (C=O) groups is 2. The summed E-state index contributed by atoms with van der Waals surface area (Å²) in [5, 5.41) is 2.87. The van der Waals surface area contributed by atoms with Gasteiger partial charge in [0.05, 0.1) is 12.7 Å². The zero-order valence-corrected chi connectivity index (χ0v) is 18.1. The fourth-order valence-corrected chi connectivity index (χ4v) is 3.44. The Kier molecular flexibility index (Phi) is 7.68. The number of hydrogen-bond donors (Lipinski definition) is 1. The van der Waals surface area contributed by atoms with Gasteiger partial charge in [-0.05, 0) is 76.4 Å². The number of likely N-dealkylation sites (tertiary alicyclic amines) is 1. The maximum atomic E-state index is 11.8. The second-order valence-electron chi connectivity index (χ2n) is 7.90. The van der Waals surface area contributed by atoms with Gasteiger partial charge in [0, 0.05) is 17.6 Å². The number of nitrogens with zero attached hydrogens (tertiary/aromatic N) is 1. The average molecular weight is 441 g/mol. The predicted octanol–water partition coefficient (Wildman–Crippen LogP) is 3.97. The first kappa shape index (κ1) is 21.7. The molecule has 0 bridgehead atoms. The summed E-state index contributed by atoms with van der Waals surface area (Å²) < 4.78 is 11.1. The van der Waals surface area contributed by atoms with Crippen LogP contribution in [0.5, 0.6) is 0 Å². The van der Waals surface area contributed by atoms with Crippen LogP contribution >= 0.6 is 15.9 Å². The molecule has 0 aliphatic carbocycles. The molecule has 1 amide bonds. The molecular weight excluding hydrogens is 412 g/mol. The number of carbonyl (C=O) groups excluding carboxylic acids is 2. The molecule has 0 spiro atoms. The van der Waals surface area contributed by atoms with Crippen LogP contribution in [0, 0.1) is 5.92 Å². The number of methoxy groups -OCH3 is 1. The summed E-state index contributed by atoms with van der Waals surface area (Å²) in [5.74, 6) is 0.134. The minimum absolute atomic E-state index is 0.323. The molecule has 1 N–H and O–H groups in total. The van der Waals surface area contributed by atoms with Gasteiger partial charge in [-0.15, -0.1) is 0 Å². The van der Waals surface area contributed by atoms with Crippen LogP contribution in [0.4, 0.5) is 4.79 Å². The SMILES string of the molecule is COC(=O)c1ccc(Br)c(CN2CCC(CNC(=O)OC(C)(C)C)CC2)c1. The van der Waals surface area contributed by atoms with Crippen molar-refractivity contribution in [1.82, 2.24) is 10.2 Å². The van der Waals surface area contributed by atoms with Crippen molar-refractivity contribution < 1.29 is 19.1 Å². The molecule has 1 aromatic carbocycles. The Morgan fingerprint density at radius 2 is 1.93 bits per heavy atom. The van der Waals surface area contributed by atoms with Crippen LogP contribution < -0.4 is 5.32 Å². The molecule has 1 heterocycles. The molecule has 7 heteroatoms. The zero-order chi connectivity index (χ0) is 20.0. The highest BCUT2D eigenvalue weighted by Gasteiger charge is 2.22. The van der Waals surface area contributed by atoms with E-state index in [0.29, 0.717) is 18.0 Å². The van der Waals surface area contributed by atoms with Gasteiger partial charge in [0.15, 0.2) is 0 Å². The highest BCUT2D eigenvalue weighted by atomic mass is 79.9. The number of ether oxygens (including phenoxy) is 2. The Morgan fingerprint density at radius 3 is 2.52 bits per heavy atom. The largest absolute Gasteiger partial charge is 0.465 e. The second kappa shape index (κ2) is 9.55. The van der Waals surface area contributed by atoms with Crippen molar-refractivity contribution >= 4 is 28.0 Å². The molecule has 27 heavy (non-hydrogen) atoms. The van der Waals surface area contributed by atoms with Crippen LogP contribution in [0.2, 0.25) is 0 Å². The molecule has 2 rings (SSSR count). The third-order valence-corrected chi connectivity index (χ3v) is 5.28. The number of esters is 1. The zero-order valence-electron chi connectivity index (χ0n) is 16.5. The molecule has 6 nitrogen and oxygen atoms in total. The number of piperidine rings is 1. The van der Waals surface area contributed by atoms with E-state index in [-0.39, 0.29) is 12.1 Å². The van der Waals surface area contributed by atoms with Gasteiger partial charge in [-0.3, -0.25) is 4.90 Å². The monoisotopic (exact) mass is 440 g/mol. The Labute approximate surface area is 169 Å². The van der Waals surface area contributed by atoms with E-state index in [1.54, 1.807) is 6.07 Å². The first-order valence-electron chi connectivity index (χ1n) is 9.24. The van der Waals surface area contributed by atoms with E-state index in [0.717, 1.165) is 42.5 Å². The minimum Gasteiger partial charge on any atom is -0.465 e. The number of alkyl carbamates (subject to hydrolysis) is 1. The molecule has 0 atom stereocenters. The topological polar surface area (TPSA) is 67.9 Å². The number of nitrogens with one attached hydrogen (secondary N) is 1. The third-order valence-electron chi connectivity index (χ3n) is 4.50. The maximum Gasteiger partial charge on any atom is 0.407 e. The van der Waals surface area contributed by atoms with Crippen molar-refractivity contribution in [2.24, 2.45) is 5.92 Å². The maximum absolute atomic E-state index is 11.8. The van der Waals surface area contributed by atoms with Gasteiger partial charge in [-0.2, -0.15) is 0 Å². The van der Waals surface area contributed by atoms with Gasteiger partial charge >= 0.3 is 12.1 Å². The number of hydrogen-bond acceptors (Lipinski definition) is 5. The van der Waals surface area contributed by atoms with Gasteiger partial charge < -0.3 is 14.8 Å². The van der Waals surface area contributed by atoms with E-state index in [1.165, 1.54) is 7.11 Å². The molecule has 0 unspecified atom stereocenters. The summed E-state index contributed by atoms with van der Waals surface area (Å²) in [6.45, 7) is 8.90. The van der Waals surface area contributed by atoms with E-state index >= 15 is 0 Å². The Morgan fingerprint density at radius 1 is 1.26 bits per heavy atom. The highest BCUT2D eigenvalue weighted by Crippen LogP contribution is 2.24. The summed E-state index contributed by atoms with van der Waals surface area (Å²) in [6, 6.07) is 5.53. The Hall–Kier alpha value is -1.60. The molecule has 0 aromatic heterocycles. The summed E-state index contributed by atoms with van der Waals surface area (Å²) in [5.41, 5.74) is 1.16. The molecule has 150 valence electrons. The second-order valence-corrected chi connectivity index (χ2v) is 8.75. The van der Waals surface area contributed by atoms with Crippen molar-refractivity contribution in [3.63, 3.8) is 0 Å². The number of amides is 1. The molecule has 1 fully saturated rings. The normalized spacial score (nSPS) is 16.0. The van der Waals surface area contributed by atoms with E-state index in [4.69, 9.17) is 9.47 Å². The smallest absolute Gasteiger partial charge is 0.407 e. The lowest BCUT2D eigenvalue weighted by Crippen LogP contribution is -2.40. The first-order valence-corrected chi connectivity index (χ1v) is 10.0. The van der Waals surface area contributed by atoms with Crippen molar-refractivity contribution in [2.75, 3.05) is 26.7 Å². The Bertz CT molecular complexity index is 664. The summed E-state index contributed by atoms with van der Waals surface area (Å²) in [4.78, 5) is 25.9. The molecule has 1 aromatic rings. The average Bonchev–Trinajstić information content (AvgIpc) is 2.61. The third kappa shape index (κ3) is 7.14. The lowest BCUT2D eigenvalue weighted by molar-refractivity contribution is 0.0508. The predicted molar refractivity (Wildman–Crippen MR) is 108 cm³/mol. The first-order chi connectivity index (χ1) is 12.7. The number of halogens is 1. The van der Waals surface area contributed by atoms with Gasteiger partial charge in [0.25, 0.3) is 0 Å². The summed E-state index contributed by atoms with van der Waals surface area (Å²) in [7, 11) is 1.39. The van der Waals surface area contributed by atoms with E-state index in [2.05, 4.69) is 26.1 Å². The van der Waals surface area contributed by atoms with E-state index in [1.807, 2.05) is 32.9 Å². The lowest BCUT2D eigenvalue weighted by atomic mass is 9.96. The molecular formula is C20H29BrN2O4. The summed E-state index contributed by atoms with van der Waals surface area (Å²) >= 11 is 3.56. The standard InChI is InChI=1S/C20H29BrN2O4/c1-20(2,3)27-19(25)22-12-14-7-9-23(10-8-14)13-16-11-15(18(24)26-4)5-6-17(16)21/h5-6,11,14H,7-10,12-13H2,1-4H3,(H,22,25). The summed E-state index contributed by atoms with van der Waals surface area (Å²) in [6.07, 6.45) is 1.68. The van der Waals surface area contributed by atoms with Gasteiger partial charge in [-0.25, -0.2) is 9.59 Å². The van der Waals surface area contributed by atoms with Crippen LogP contribution in [0.25, 0.3) is 0 Å². The molecule has 0 saturated carbocycles. The number of benzene rings is 1. The van der Waals surface area contributed by atoms with E-state index in [9.17, 15) is 9.59 Å². The van der Waals surface area contributed by atoms with Gasteiger partial charge in [0.2, 0.25) is 0 Å². The van der Waals surface area contributed by atoms with Crippen LogP contribution in [0.15, 0.2) is 22.7 Å². The van der Waals surface area contributed by atoms with Crippen LogP contribution in [-0.4, -0.2) is 49.3 Å². The Balaban J connectivity index is 1.81. The number of rotatable bonds is 5. The molecule has 1 aliphatic heterocycles. The fourth-order valence-electron chi connectivity index (χ4n) is 3.07. The lowest BCUT2D eigenvalue weighted by Gasteiger charge is -2.32. The van der Waals surface area contributed by atoms with E-state index < -0.39 is 5.60 Å². The van der Waals surface area contributed by atoms with Crippen molar-refractivity contribution in [3.05, 3.63) is 33.8 Å². The molecule has 1 saturated heterocycles. The molecule has 1 aliphatic rings. The van der Waals surface area contributed by atoms with Crippen LogP contribution in [0.1, 0.15) is 49.5 Å².